The van der Waals surface area contributed by atoms with Crippen molar-refractivity contribution in [1.29, 1.82) is 0 Å². The van der Waals surface area contributed by atoms with Crippen molar-refractivity contribution in [3.05, 3.63) is 0 Å². The average molecular weight is 1370 g/mol. The highest BCUT2D eigenvalue weighted by molar-refractivity contribution is 7.47. The van der Waals surface area contributed by atoms with E-state index in [-0.39, 0.29) is 25.7 Å². The molecule has 0 saturated carbocycles. The first-order chi connectivity index (χ1) is 44.9. The molecule has 3 N–H and O–H groups in total. The van der Waals surface area contributed by atoms with E-state index in [1.54, 1.807) is 0 Å². The van der Waals surface area contributed by atoms with Crippen LogP contribution in [0.4, 0.5) is 0 Å². The molecule has 0 amide bonds. The molecule has 0 spiro atoms. The second kappa shape index (κ2) is 66.0. The third-order valence-corrected chi connectivity index (χ3v) is 19.1. The first-order valence-corrected chi connectivity index (χ1v) is 41.5. The van der Waals surface area contributed by atoms with E-state index in [1.165, 1.54) is 199 Å². The fraction of sp³-hybridized carbons (Fsp3) is 0.946. The van der Waals surface area contributed by atoms with Gasteiger partial charge in [0, 0.05) is 25.7 Å². The summed E-state index contributed by atoms with van der Waals surface area (Å²) in [7, 11) is -9.91. The molecule has 0 aromatic heterocycles. The minimum absolute atomic E-state index is 0.107. The molecule has 0 bridgehead atoms. The molecule has 0 radical (unpaired) electrons. The lowest BCUT2D eigenvalue weighted by molar-refractivity contribution is -0.161. The van der Waals surface area contributed by atoms with E-state index in [9.17, 15) is 43.2 Å². The van der Waals surface area contributed by atoms with Crippen LogP contribution in [0.5, 0.6) is 0 Å². The van der Waals surface area contributed by atoms with Crippen molar-refractivity contribution in [3.8, 4) is 0 Å². The van der Waals surface area contributed by atoms with Crippen LogP contribution in [0.15, 0.2) is 0 Å². The molecule has 0 rings (SSSR count). The van der Waals surface area contributed by atoms with Gasteiger partial charge in [0.2, 0.25) is 0 Å². The van der Waals surface area contributed by atoms with Crippen molar-refractivity contribution in [2.75, 3.05) is 39.6 Å². The van der Waals surface area contributed by atoms with Crippen LogP contribution in [0, 0.1) is 11.8 Å². The van der Waals surface area contributed by atoms with Gasteiger partial charge in [0.25, 0.3) is 0 Å². The van der Waals surface area contributed by atoms with Crippen molar-refractivity contribution >= 4 is 39.5 Å². The highest BCUT2D eigenvalue weighted by Gasteiger charge is 2.30. The van der Waals surface area contributed by atoms with Crippen LogP contribution < -0.4 is 0 Å². The van der Waals surface area contributed by atoms with E-state index in [4.69, 9.17) is 37.0 Å². The Morgan fingerprint density at radius 3 is 0.731 bits per heavy atom. The maximum absolute atomic E-state index is 13.1. The third-order valence-electron chi connectivity index (χ3n) is 17.2. The minimum Gasteiger partial charge on any atom is -0.462 e. The van der Waals surface area contributed by atoms with Crippen molar-refractivity contribution in [1.82, 2.24) is 0 Å². The molecule has 0 saturated heterocycles. The number of aliphatic hydroxyl groups is 1. The molecule has 0 fully saturated rings. The molecule has 0 heterocycles. The molecule has 93 heavy (non-hydrogen) atoms. The lowest BCUT2D eigenvalue weighted by Gasteiger charge is -2.21. The molecule has 0 aromatic carbocycles. The summed E-state index contributed by atoms with van der Waals surface area (Å²) in [5.74, 6) is -0.580. The molecule has 17 nitrogen and oxygen atoms in total. The van der Waals surface area contributed by atoms with E-state index >= 15 is 0 Å². The quantitative estimate of drug-likeness (QED) is 0.0222. The van der Waals surface area contributed by atoms with Crippen LogP contribution in [-0.2, 0) is 65.4 Å². The summed E-state index contributed by atoms with van der Waals surface area (Å²) < 4.78 is 68.5. The van der Waals surface area contributed by atoms with Gasteiger partial charge in [-0.3, -0.25) is 37.3 Å². The second-order valence-corrected chi connectivity index (χ2v) is 30.5. The summed E-state index contributed by atoms with van der Waals surface area (Å²) >= 11 is 0. The molecule has 0 aliphatic heterocycles. The van der Waals surface area contributed by atoms with Crippen molar-refractivity contribution < 1.29 is 80.2 Å². The Labute approximate surface area is 568 Å². The molecular formula is C74H144O17P2. The summed E-state index contributed by atoms with van der Waals surface area (Å²) in [6.45, 7) is 9.59. The van der Waals surface area contributed by atoms with Gasteiger partial charge in [0.05, 0.1) is 26.4 Å². The molecule has 5 atom stereocenters. The molecule has 19 heteroatoms. The van der Waals surface area contributed by atoms with Crippen LogP contribution in [0.1, 0.15) is 382 Å². The highest BCUT2D eigenvalue weighted by Crippen LogP contribution is 2.45. The van der Waals surface area contributed by atoms with E-state index in [0.717, 1.165) is 102 Å². The number of rotatable bonds is 73. The molecule has 0 aromatic rings. The number of unbranched alkanes of at least 4 members (excludes halogenated alkanes) is 43. The SMILES string of the molecule is CCCCCCCCCCCCCCCCCC(=O)O[C@H](COC(=O)CCCCCCCCCCCCCC(C)C)COP(=O)(O)OC[C@@H](O)COP(=O)(O)OC[C@@H](COC(=O)CCCCCCCCCCCC)OC(=O)CCCCCCCCCCCCCC(C)C. The number of phosphoric ester groups is 2. The number of phosphoric acid groups is 2. The Hall–Kier alpha value is -1.94. The monoisotopic (exact) mass is 1370 g/mol. The number of carbonyl (C=O) groups is 4. The van der Waals surface area contributed by atoms with Gasteiger partial charge in [-0.2, -0.15) is 0 Å². The standard InChI is InChI=1S/C74H144O17P2/c1-7-9-11-13-15-17-19-20-21-22-27-34-40-46-52-58-73(78)90-70(63-85-72(77)57-51-45-39-33-28-23-25-30-36-42-48-54-66(3)4)65-89-93(82,83)87-61-68(75)60-86-92(80,81)88-64-69(62-84-71(76)56-50-44-38-32-18-16-14-12-10-8-2)91-74(79)59-53-47-41-35-29-24-26-31-37-43-49-55-67(5)6/h66-70,75H,7-65H2,1-6H3,(H,80,81)(H,82,83)/t68-,69+,70+/m0/s1. The predicted molar refractivity (Wildman–Crippen MR) is 377 cm³/mol. The largest absolute Gasteiger partial charge is 0.472 e. The smallest absolute Gasteiger partial charge is 0.462 e. The van der Waals surface area contributed by atoms with Crippen molar-refractivity contribution in [2.45, 2.75) is 400 Å². The molecule has 552 valence electrons. The predicted octanol–water partition coefficient (Wildman–Crippen LogP) is 21.6. The lowest BCUT2D eigenvalue weighted by Crippen LogP contribution is -2.30. The Morgan fingerprint density at radius 2 is 0.495 bits per heavy atom. The Balaban J connectivity index is 5.25. The van der Waals surface area contributed by atoms with Crippen LogP contribution in [0.2, 0.25) is 0 Å². The van der Waals surface area contributed by atoms with E-state index in [1.807, 2.05) is 0 Å². The summed E-state index contributed by atoms with van der Waals surface area (Å²) in [5.41, 5.74) is 0. The van der Waals surface area contributed by atoms with Gasteiger partial charge in [-0.05, 0) is 37.5 Å². The second-order valence-electron chi connectivity index (χ2n) is 27.6. The fourth-order valence-corrected chi connectivity index (χ4v) is 12.9. The maximum Gasteiger partial charge on any atom is 0.472 e. The molecular weight excluding hydrogens is 1220 g/mol. The van der Waals surface area contributed by atoms with Gasteiger partial charge >= 0.3 is 39.5 Å². The lowest BCUT2D eigenvalue weighted by atomic mass is 10.0. The van der Waals surface area contributed by atoms with E-state index in [2.05, 4.69) is 41.5 Å². The van der Waals surface area contributed by atoms with Gasteiger partial charge in [0.1, 0.15) is 19.3 Å². The Kier molecular flexibility index (Phi) is 64.6. The summed E-state index contributed by atoms with van der Waals surface area (Å²) in [6, 6.07) is 0. The topological polar surface area (TPSA) is 237 Å². The third kappa shape index (κ3) is 68.4. The number of hydrogen-bond acceptors (Lipinski definition) is 15. The zero-order valence-corrected chi connectivity index (χ0v) is 62.3. The molecule has 2 unspecified atom stereocenters. The first kappa shape index (κ1) is 91.1. The zero-order chi connectivity index (χ0) is 68.6. The van der Waals surface area contributed by atoms with Gasteiger partial charge in [-0.1, -0.05) is 330 Å². The van der Waals surface area contributed by atoms with Crippen LogP contribution >= 0.6 is 15.6 Å². The Morgan fingerprint density at radius 1 is 0.290 bits per heavy atom. The molecule has 0 aliphatic carbocycles. The number of esters is 4. The van der Waals surface area contributed by atoms with Crippen molar-refractivity contribution in [3.63, 3.8) is 0 Å². The van der Waals surface area contributed by atoms with Gasteiger partial charge in [-0.15, -0.1) is 0 Å². The van der Waals surface area contributed by atoms with E-state index in [0.29, 0.717) is 25.7 Å². The van der Waals surface area contributed by atoms with Crippen molar-refractivity contribution in [2.24, 2.45) is 11.8 Å². The van der Waals surface area contributed by atoms with Gasteiger partial charge in [0.15, 0.2) is 12.2 Å². The fourth-order valence-electron chi connectivity index (χ4n) is 11.3. The summed E-state index contributed by atoms with van der Waals surface area (Å²) in [4.78, 5) is 72.7. The normalized spacial score (nSPS) is 14.1. The average Bonchev–Trinajstić information content (AvgIpc) is 3.21. The van der Waals surface area contributed by atoms with E-state index < -0.39 is 97.5 Å². The number of aliphatic hydroxyl groups excluding tert-OH is 1. The number of hydrogen-bond donors (Lipinski definition) is 3. The van der Waals surface area contributed by atoms with Gasteiger partial charge in [-0.25, -0.2) is 9.13 Å². The van der Waals surface area contributed by atoms with Crippen LogP contribution in [0.25, 0.3) is 0 Å². The number of carbonyl (C=O) groups excluding carboxylic acids is 4. The molecule has 0 aliphatic rings. The minimum atomic E-state index is -4.95. The highest BCUT2D eigenvalue weighted by atomic mass is 31.2. The Bertz CT molecular complexity index is 1800. The summed E-state index contributed by atoms with van der Waals surface area (Å²) in [6.07, 6.45) is 52.5. The first-order valence-electron chi connectivity index (χ1n) is 38.5. The summed E-state index contributed by atoms with van der Waals surface area (Å²) in [5, 5.41) is 10.6. The van der Waals surface area contributed by atoms with Gasteiger partial charge < -0.3 is 33.8 Å². The zero-order valence-electron chi connectivity index (χ0n) is 60.6. The maximum atomic E-state index is 13.1. The number of ether oxygens (including phenoxy) is 4. The van der Waals surface area contributed by atoms with Crippen LogP contribution in [0.3, 0.4) is 0 Å². The van der Waals surface area contributed by atoms with Crippen LogP contribution in [-0.4, -0.2) is 96.7 Å².